The fourth-order valence-electron chi connectivity index (χ4n) is 2.82. The molecule has 30 heavy (non-hydrogen) atoms. The number of nitrogens with one attached hydrogen (secondary N) is 1. The zero-order chi connectivity index (χ0) is 21.5. The fraction of sp³-hybridized carbons (Fsp3) is 0.130. The molecule has 154 valence electrons. The summed E-state index contributed by atoms with van der Waals surface area (Å²) in [5.74, 6) is -0.195. The molecule has 7 heteroatoms. The van der Waals surface area contributed by atoms with E-state index < -0.39 is 6.61 Å². The second kappa shape index (κ2) is 9.93. The first kappa shape index (κ1) is 21.4. The van der Waals surface area contributed by atoms with Crippen LogP contribution in [0.5, 0.6) is 5.75 Å². The molecule has 0 bridgehead atoms. The zero-order valence-electron chi connectivity index (χ0n) is 16.2. The SMILES string of the molecule is CCc1ccc(C([O-])=C(C(=S)Nc2ccc(OC(F)F)cc2)[n+]2ccccc2)cc1. The average Bonchev–Trinajstić information content (AvgIpc) is 2.75. The van der Waals surface area contributed by atoms with Gasteiger partial charge in [-0.3, -0.25) is 0 Å². The predicted octanol–water partition coefficient (Wildman–Crippen LogP) is 4.26. The van der Waals surface area contributed by atoms with E-state index in [0.29, 0.717) is 11.3 Å². The molecular weight excluding hydrogens is 406 g/mol. The van der Waals surface area contributed by atoms with Crippen LogP contribution in [0.4, 0.5) is 14.5 Å². The standard InChI is InChI=1S/C23H20F2N2O2S/c1-2-16-6-8-17(9-7-16)21(28)20(27-14-4-3-5-15-27)22(30)26-18-10-12-19(13-11-18)29-23(24)25/h3-15,23H,2H2,1H3,(H-,26,28,30). The van der Waals surface area contributed by atoms with E-state index in [1.165, 1.54) is 12.1 Å². The van der Waals surface area contributed by atoms with E-state index in [0.717, 1.165) is 12.0 Å². The Bertz CT molecular complexity index is 1020. The Morgan fingerprint density at radius 3 is 2.23 bits per heavy atom. The van der Waals surface area contributed by atoms with Crippen LogP contribution in [-0.2, 0) is 6.42 Å². The van der Waals surface area contributed by atoms with Gasteiger partial charge < -0.3 is 15.2 Å². The molecule has 3 rings (SSSR count). The number of rotatable bonds is 7. The number of alkyl halides is 2. The molecular formula is C23H20F2N2O2S. The normalized spacial score (nSPS) is 11.7. The number of halogens is 2. The third kappa shape index (κ3) is 5.39. The van der Waals surface area contributed by atoms with Gasteiger partial charge in [0, 0.05) is 17.8 Å². The van der Waals surface area contributed by atoms with Crippen LogP contribution in [-0.4, -0.2) is 11.6 Å². The van der Waals surface area contributed by atoms with Crippen LogP contribution in [0.1, 0.15) is 18.1 Å². The van der Waals surface area contributed by atoms with E-state index >= 15 is 0 Å². The van der Waals surface area contributed by atoms with E-state index in [1.807, 2.05) is 25.1 Å². The van der Waals surface area contributed by atoms with E-state index in [2.05, 4.69) is 10.1 Å². The number of hydrogen-bond acceptors (Lipinski definition) is 3. The van der Waals surface area contributed by atoms with Crippen LogP contribution < -0.4 is 19.7 Å². The number of aryl methyl sites for hydroxylation is 1. The van der Waals surface area contributed by atoms with Crippen LogP contribution in [0.3, 0.4) is 0 Å². The van der Waals surface area contributed by atoms with Crippen LogP contribution in [0, 0.1) is 0 Å². The quantitative estimate of drug-likeness (QED) is 0.265. The Labute approximate surface area is 179 Å². The smallest absolute Gasteiger partial charge is 0.387 e. The second-order valence-corrected chi connectivity index (χ2v) is 6.78. The van der Waals surface area contributed by atoms with Crippen molar-refractivity contribution in [2.45, 2.75) is 20.0 Å². The van der Waals surface area contributed by atoms with E-state index in [9.17, 15) is 13.9 Å². The summed E-state index contributed by atoms with van der Waals surface area (Å²) in [6.07, 6.45) is 4.35. The Kier molecular flexibility index (Phi) is 7.08. The van der Waals surface area contributed by atoms with Crippen molar-refractivity contribution >= 4 is 34.3 Å². The molecule has 2 aromatic carbocycles. The maximum atomic E-state index is 13.3. The van der Waals surface area contributed by atoms with Gasteiger partial charge in [0.1, 0.15) is 5.75 Å². The predicted molar refractivity (Wildman–Crippen MR) is 115 cm³/mol. The number of ether oxygens (including phenoxy) is 1. The molecule has 0 spiro atoms. The Balaban J connectivity index is 1.93. The summed E-state index contributed by atoms with van der Waals surface area (Å²) in [6.45, 7) is -0.846. The minimum atomic E-state index is -2.89. The molecule has 3 aromatic rings. The highest BCUT2D eigenvalue weighted by Gasteiger charge is 2.18. The van der Waals surface area contributed by atoms with Gasteiger partial charge in [-0.05, 0) is 47.6 Å². The number of aromatic nitrogens is 1. The lowest BCUT2D eigenvalue weighted by molar-refractivity contribution is -0.577. The van der Waals surface area contributed by atoms with E-state index in [1.54, 1.807) is 53.4 Å². The highest BCUT2D eigenvalue weighted by molar-refractivity contribution is 7.81. The topological polar surface area (TPSA) is 48.2 Å². The van der Waals surface area contributed by atoms with Crippen molar-refractivity contribution in [3.63, 3.8) is 0 Å². The molecule has 0 saturated carbocycles. The van der Waals surface area contributed by atoms with Crippen molar-refractivity contribution in [1.82, 2.24) is 0 Å². The van der Waals surface area contributed by atoms with Crippen LogP contribution in [0.25, 0.3) is 11.5 Å². The summed E-state index contributed by atoms with van der Waals surface area (Å²) in [4.78, 5) is 0.207. The van der Waals surface area contributed by atoms with Crippen molar-refractivity contribution in [3.05, 3.63) is 90.3 Å². The minimum absolute atomic E-state index is 0.0372. The molecule has 0 atom stereocenters. The van der Waals surface area contributed by atoms with Crippen LogP contribution in [0.15, 0.2) is 79.1 Å². The highest BCUT2D eigenvalue weighted by atomic mass is 32.1. The van der Waals surface area contributed by atoms with Crippen molar-refractivity contribution in [1.29, 1.82) is 0 Å². The summed E-state index contributed by atoms with van der Waals surface area (Å²) < 4.78 is 30.6. The van der Waals surface area contributed by atoms with Crippen molar-refractivity contribution in [2.75, 3.05) is 5.32 Å². The van der Waals surface area contributed by atoms with Gasteiger partial charge in [0.2, 0.25) is 5.70 Å². The molecule has 0 fully saturated rings. The third-order valence-electron chi connectivity index (χ3n) is 4.37. The zero-order valence-corrected chi connectivity index (χ0v) is 17.0. The summed E-state index contributed by atoms with van der Waals surface area (Å²) in [6, 6.07) is 18.7. The number of pyridine rings is 1. The Hall–Kier alpha value is -3.32. The van der Waals surface area contributed by atoms with Gasteiger partial charge in [-0.2, -0.15) is 13.3 Å². The lowest BCUT2D eigenvalue weighted by atomic mass is 10.1. The fourth-order valence-corrected chi connectivity index (χ4v) is 3.14. The first-order valence-corrected chi connectivity index (χ1v) is 9.72. The minimum Gasteiger partial charge on any atom is -0.867 e. The monoisotopic (exact) mass is 426 g/mol. The molecule has 0 saturated heterocycles. The summed E-state index contributed by atoms with van der Waals surface area (Å²) in [5, 5.41) is 16.3. The van der Waals surface area contributed by atoms with Gasteiger partial charge in [-0.25, -0.2) is 0 Å². The van der Waals surface area contributed by atoms with Gasteiger partial charge in [-0.1, -0.05) is 49.5 Å². The molecule has 0 amide bonds. The lowest BCUT2D eigenvalue weighted by Crippen LogP contribution is -2.39. The summed E-state index contributed by atoms with van der Waals surface area (Å²) in [7, 11) is 0. The number of thiocarbonyl (C=S) groups is 1. The van der Waals surface area contributed by atoms with Crippen molar-refractivity contribution in [3.8, 4) is 5.75 Å². The molecule has 1 aromatic heterocycles. The molecule has 0 aliphatic rings. The number of benzene rings is 2. The van der Waals surface area contributed by atoms with Crippen molar-refractivity contribution in [2.24, 2.45) is 0 Å². The van der Waals surface area contributed by atoms with Gasteiger partial charge >= 0.3 is 6.61 Å². The molecule has 1 heterocycles. The maximum absolute atomic E-state index is 13.3. The van der Waals surface area contributed by atoms with Crippen LogP contribution >= 0.6 is 12.2 Å². The first-order valence-electron chi connectivity index (χ1n) is 9.31. The van der Waals surface area contributed by atoms with E-state index in [-0.39, 0.29) is 22.2 Å². The Morgan fingerprint density at radius 2 is 1.67 bits per heavy atom. The molecule has 0 aliphatic heterocycles. The molecule has 0 unspecified atom stereocenters. The third-order valence-corrected chi connectivity index (χ3v) is 4.66. The number of hydrogen-bond donors (Lipinski definition) is 1. The highest BCUT2D eigenvalue weighted by Crippen LogP contribution is 2.20. The largest absolute Gasteiger partial charge is 0.867 e. The maximum Gasteiger partial charge on any atom is 0.387 e. The van der Waals surface area contributed by atoms with Gasteiger partial charge in [0.25, 0.3) is 0 Å². The molecule has 4 nitrogen and oxygen atoms in total. The van der Waals surface area contributed by atoms with E-state index in [4.69, 9.17) is 12.2 Å². The molecule has 0 aliphatic carbocycles. The Morgan fingerprint density at radius 1 is 1.03 bits per heavy atom. The van der Waals surface area contributed by atoms with Gasteiger partial charge in [0.15, 0.2) is 17.4 Å². The lowest BCUT2D eigenvalue weighted by Gasteiger charge is -2.17. The summed E-state index contributed by atoms with van der Waals surface area (Å²) in [5.41, 5.74) is 2.48. The molecule has 1 N–H and O–H groups in total. The average molecular weight is 426 g/mol. The number of anilines is 1. The van der Waals surface area contributed by atoms with Gasteiger partial charge in [0.05, 0.1) is 0 Å². The summed E-state index contributed by atoms with van der Waals surface area (Å²) >= 11 is 5.53. The van der Waals surface area contributed by atoms with Crippen LogP contribution in [0.2, 0.25) is 0 Å². The second-order valence-electron chi connectivity index (χ2n) is 6.37. The molecule has 0 radical (unpaired) electrons. The number of nitrogens with zero attached hydrogens (tertiary/aromatic N) is 1. The van der Waals surface area contributed by atoms with Gasteiger partial charge in [-0.15, -0.1) is 0 Å². The first-order chi connectivity index (χ1) is 14.5. The van der Waals surface area contributed by atoms with Crippen molar-refractivity contribution < 1.29 is 23.2 Å².